The average Bonchev–Trinajstić information content (AvgIpc) is 1.95. The van der Waals surface area contributed by atoms with Crippen molar-refractivity contribution in [1.82, 2.24) is 4.98 Å². The highest BCUT2D eigenvalue weighted by molar-refractivity contribution is 6.34. The number of nitrogens with one attached hydrogen (secondary N) is 1. The quantitative estimate of drug-likeness (QED) is 0.573. The highest BCUT2D eigenvalue weighted by Gasteiger charge is 1.99. The van der Waals surface area contributed by atoms with Crippen molar-refractivity contribution in [3.8, 4) is 0 Å². The molecule has 0 aliphatic carbocycles. The topological polar surface area (TPSA) is 42.0 Å². The van der Waals surface area contributed by atoms with E-state index >= 15 is 0 Å². The molecule has 1 aromatic rings. The Morgan fingerprint density at radius 3 is 2.73 bits per heavy atom. The lowest BCUT2D eigenvalue weighted by molar-refractivity contribution is -0.105. The van der Waals surface area contributed by atoms with Gasteiger partial charge in [-0.05, 0) is 12.1 Å². The van der Waals surface area contributed by atoms with E-state index in [0.29, 0.717) is 17.3 Å². The predicted molar refractivity (Wildman–Crippen MR) is 43.9 cm³/mol. The summed E-state index contributed by atoms with van der Waals surface area (Å²) in [6.45, 7) is 0. The molecule has 0 fully saturated rings. The average molecular weight is 191 g/mol. The van der Waals surface area contributed by atoms with Gasteiger partial charge in [-0.2, -0.15) is 0 Å². The first-order chi connectivity index (χ1) is 5.24. The minimum absolute atomic E-state index is 0.185. The van der Waals surface area contributed by atoms with Crippen LogP contribution in [0.25, 0.3) is 0 Å². The van der Waals surface area contributed by atoms with E-state index in [2.05, 4.69) is 10.3 Å². The molecule has 0 unspecified atom stereocenters. The minimum Gasteiger partial charge on any atom is -0.326 e. The molecule has 1 rings (SSSR count). The SMILES string of the molecule is O=CNc1ccc(Cl)nc1Cl. The van der Waals surface area contributed by atoms with Gasteiger partial charge in [0.25, 0.3) is 0 Å². The molecule has 1 heterocycles. The van der Waals surface area contributed by atoms with E-state index in [0.717, 1.165) is 0 Å². The molecule has 0 aliphatic heterocycles. The molecule has 0 saturated carbocycles. The summed E-state index contributed by atoms with van der Waals surface area (Å²) >= 11 is 11.1. The number of anilines is 1. The van der Waals surface area contributed by atoms with E-state index in [9.17, 15) is 4.79 Å². The van der Waals surface area contributed by atoms with Crippen molar-refractivity contribution in [3.05, 3.63) is 22.4 Å². The number of hydrogen-bond donors (Lipinski definition) is 1. The van der Waals surface area contributed by atoms with Crippen LogP contribution in [-0.2, 0) is 4.79 Å². The van der Waals surface area contributed by atoms with E-state index in [1.54, 1.807) is 12.1 Å². The van der Waals surface area contributed by atoms with Gasteiger partial charge in [-0.25, -0.2) is 4.98 Å². The number of aromatic nitrogens is 1. The lowest BCUT2D eigenvalue weighted by Gasteiger charge is -1.99. The number of rotatable bonds is 2. The molecule has 0 aromatic carbocycles. The lowest BCUT2D eigenvalue weighted by Crippen LogP contribution is -1.95. The molecule has 1 amide bonds. The highest BCUT2D eigenvalue weighted by atomic mass is 35.5. The predicted octanol–water partition coefficient (Wildman–Crippen LogP) is 1.96. The number of hydrogen-bond acceptors (Lipinski definition) is 2. The maximum atomic E-state index is 9.98. The van der Waals surface area contributed by atoms with Crippen LogP contribution in [0.3, 0.4) is 0 Å². The molecule has 11 heavy (non-hydrogen) atoms. The van der Waals surface area contributed by atoms with Crippen molar-refractivity contribution in [1.29, 1.82) is 0 Å². The summed E-state index contributed by atoms with van der Waals surface area (Å²) in [5.41, 5.74) is 0.450. The van der Waals surface area contributed by atoms with Crippen LogP contribution in [0.15, 0.2) is 12.1 Å². The van der Waals surface area contributed by atoms with Gasteiger partial charge in [0, 0.05) is 0 Å². The zero-order valence-electron chi connectivity index (χ0n) is 5.34. The van der Waals surface area contributed by atoms with Crippen molar-refractivity contribution in [2.75, 3.05) is 5.32 Å². The van der Waals surface area contributed by atoms with Gasteiger partial charge in [0.1, 0.15) is 5.15 Å². The van der Waals surface area contributed by atoms with Gasteiger partial charge in [-0.1, -0.05) is 23.2 Å². The number of nitrogens with zero attached hydrogens (tertiary/aromatic N) is 1. The van der Waals surface area contributed by atoms with Gasteiger partial charge in [0.2, 0.25) is 6.41 Å². The minimum atomic E-state index is 0.185. The smallest absolute Gasteiger partial charge is 0.211 e. The van der Waals surface area contributed by atoms with E-state index in [4.69, 9.17) is 23.2 Å². The molecule has 58 valence electrons. The highest BCUT2D eigenvalue weighted by Crippen LogP contribution is 2.20. The van der Waals surface area contributed by atoms with Crippen LogP contribution in [0.4, 0.5) is 5.69 Å². The van der Waals surface area contributed by atoms with Crippen LogP contribution >= 0.6 is 23.2 Å². The standard InChI is InChI=1S/C6H4Cl2N2O/c7-5-2-1-4(9-3-11)6(8)10-5/h1-3H,(H,9,11). The van der Waals surface area contributed by atoms with Crippen LogP contribution < -0.4 is 5.32 Å². The third-order valence-electron chi connectivity index (χ3n) is 1.03. The Morgan fingerprint density at radius 1 is 1.45 bits per heavy atom. The van der Waals surface area contributed by atoms with Gasteiger partial charge >= 0.3 is 0 Å². The fourth-order valence-corrected chi connectivity index (χ4v) is 0.983. The Morgan fingerprint density at radius 2 is 2.18 bits per heavy atom. The number of carbonyl (C=O) groups is 1. The second-order valence-electron chi connectivity index (χ2n) is 1.73. The fourth-order valence-electron chi connectivity index (χ4n) is 0.583. The second-order valence-corrected chi connectivity index (χ2v) is 2.48. The monoisotopic (exact) mass is 190 g/mol. The Bertz CT molecular complexity index is 277. The first-order valence-electron chi connectivity index (χ1n) is 2.76. The van der Waals surface area contributed by atoms with Crippen molar-refractivity contribution in [2.45, 2.75) is 0 Å². The number of amides is 1. The van der Waals surface area contributed by atoms with Gasteiger partial charge in [-0.3, -0.25) is 4.79 Å². The molecule has 5 heteroatoms. The summed E-state index contributed by atoms with van der Waals surface area (Å²) in [5, 5.41) is 2.85. The summed E-state index contributed by atoms with van der Waals surface area (Å²) in [5.74, 6) is 0. The Labute approximate surface area is 73.3 Å². The molecule has 0 aliphatic rings. The Balaban J connectivity index is 2.98. The molecular weight excluding hydrogens is 187 g/mol. The summed E-state index contributed by atoms with van der Waals surface area (Å²) in [6.07, 6.45) is 0.525. The normalized spacial score (nSPS) is 9.27. The molecular formula is C6H4Cl2N2O. The van der Waals surface area contributed by atoms with Crippen molar-refractivity contribution in [2.24, 2.45) is 0 Å². The third-order valence-corrected chi connectivity index (χ3v) is 1.53. The Kier molecular flexibility index (Phi) is 2.68. The van der Waals surface area contributed by atoms with Crippen molar-refractivity contribution >= 4 is 35.3 Å². The summed E-state index contributed by atoms with van der Waals surface area (Å²) in [4.78, 5) is 13.7. The molecule has 1 N–H and O–H groups in total. The molecule has 0 bridgehead atoms. The van der Waals surface area contributed by atoms with E-state index in [1.807, 2.05) is 0 Å². The van der Waals surface area contributed by atoms with Crippen LogP contribution in [0.5, 0.6) is 0 Å². The number of halogens is 2. The maximum absolute atomic E-state index is 9.98. The van der Waals surface area contributed by atoms with Crippen molar-refractivity contribution < 1.29 is 4.79 Å². The second kappa shape index (κ2) is 3.55. The summed E-state index contributed by atoms with van der Waals surface area (Å²) < 4.78 is 0. The van der Waals surface area contributed by atoms with Gasteiger partial charge < -0.3 is 5.32 Å². The van der Waals surface area contributed by atoms with Gasteiger partial charge in [0.05, 0.1) is 5.69 Å². The fraction of sp³-hybridized carbons (Fsp3) is 0. The third kappa shape index (κ3) is 2.06. The van der Waals surface area contributed by atoms with Crippen LogP contribution in [0.1, 0.15) is 0 Å². The van der Waals surface area contributed by atoms with Gasteiger partial charge in [-0.15, -0.1) is 0 Å². The first kappa shape index (κ1) is 8.30. The molecule has 0 radical (unpaired) electrons. The molecule has 0 atom stereocenters. The zero-order valence-corrected chi connectivity index (χ0v) is 6.86. The molecule has 3 nitrogen and oxygen atoms in total. The van der Waals surface area contributed by atoms with E-state index < -0.39 is 0 Å². The van der Waals surface area contributed by atoms with Crippen LogP contribution in [0.2, 0.25) is 10.3 Å². The number of carbonyl (C=O) groups excluding carboxylic acids is 1. The molecule has 0 saturated heterocycles. The molecule has 1 aromatic heterocycles. The van der Waals surface area contributed by atoms with Crippen LogP contribution in [0, 0.1) is 0 Å². The zero-order chi connectivity index (χ0) is 8.27. The van der Waals surface area contributed by atoms with E-state index in [1.165, 1.54) is 0 Å². The van der Waals surface area contributed by atoms with E-state index in [-0.39, 0.29) is 5.15 Å². The largest absolute Gasteiger partial charge is 0.326 e. The van der Waals surface area contributed by atoms with Crippen LogP contribution in [-0.4, -0.2) is 11.4 Å². The maximum Gasteiger partial charge on any atom is 0.211 e. The summed E-state index contributed by atoms with van der Waals surface area (Å²) in [7, 11) is 0. The number of pyridine rings is 1. The first-order valence-corrected chi connectivity index (χ1v) is 3.52. The summed E-state index contributed by atoms with van der Waals surface area (Å²) in [6, 6.07) is 3.12. The van der Waals surface area contributed by atoms with Crippen molar-refractivity contribution in [3.63, 3.8) is 0 Å². The Hall–Kier alpha value is -0.800. The molecule has 0 spiro atoms. The lowest BCUT2D eigenvalue weighted by atomic mass is 10.4. The van der Waals surface area contributed by atoms with Gasteiger partial charge in [0.15, 0.2) is 5.15 Å².